The second-order valence-corrected chi connectivity index (χ2v) is 7.88. The van der Waals surface area contributed by atoms with Gasteiger partial charge in [-0.05, 0) is 25.3 Å². The number of aliphatic imine (C=N–C) groups is 1. The van der Waals surface area contributed by atoms with E-state index >= 15 is 0 Å². The average Bonchev–Trinajstić information content (AvgIpc) is 3.13. The van der Waals surface area contributed by atoms with Crippen molar-refractivity contribution in [3.63, 3.8) is 0 Å². The molecule has 0 amide bonds. The molecule has 0 aromatic carbocycles. The molecule has 0 bridgehead atoms. The Balaban J connectivity index is 0.00000312. The Kier molecular flexibility index (Phi) is 10.3. The van der Waals surface area contributed by atoms with E-state index in [0.717, 1.165) is 51.9 Å². The van der Waals surface area contributed by atoms with Crippen molar-refractivity contribution in [3.8, 4) is 0 Å². The van der Waals surface area contributed by atoms with Gasteiger partial charge in [-0.1, -0.05) is 19.9 Å². The fourth-order valence-corrected chi connectivity index (χ4v) is 3.60. The Labute approximate surface area is 173 Å². The van der Waals surface area contributed by atoms with E-state index in [-0.39, 0.29) is 29.4 Å². The van der Waals surface area contributed by atoms with Gasteiger partial charge < -0.3 is 15.4 Å². The zero-order chi connectivity index (χ0) is 17.4. The van der Waals surface area contributed by atoms with Gasteiger partial charge >= 0.3 is 0 Å². The molecule has 1 aliphatic heterocycles. The minimum absolute atomic E-state index is 0. The molecule has 2 N–H and O–H groups in total. The molecular weight excluding hydrogens is 447 g/mol. The SMILES string of the molecule is CCNC(=NCC(C)(C)c1cccs1)NCC(C)N1CCOCC1.I. The first kappa shape index (κ1) is 22.7. The van der Waals surface area contributed by atoms with E-state index in [0.29, 0.717) is 6.04 Å². The number of nitrogens with one attached hydrogen (secondary N) is 2. The molecule has 1 atom stereocenters. The summed E-state index contributed by atoms with van der Waals surface area (Å²) in [6.45, 7) is 15.1. The number of halogens is 1. The number of ether oxygens (including phenoxy) is 1. The van der Waals surface area contributed by atoms with E-state index in [1.54, 1.807) is 11.3 Å². The molecule has 1 aromatic rings. The van der Waals surface area contributed by atoms with Crippen molar-refractivity contribution in [1.82, 2.24) is 15.5 Å². The molecule has 2 rings (SSSR count). The predicted molar refractivity (Wildman–Crippen MR) is 119 cm³/mol. The highest BCUT2D eigenvalue weighted by Gasteiger charge is 2.22. The van der Waals surface area contributed by atoms with Crippen LogP contribution in [0.25, 0.3) is 0 Å². The van der Waals surface area contributed by atoms with Crippen molar-refractivity contribution in [2.75, 3.05) is 45.9 Å². The maximum absolute atomic E-state index is 5.43. The van der Waals surface area contributed by atoms with E-state index in [2.05, 4.69) is 60.7 Å². The molecule has 0 spiro atoms. The lowest BCUT2D eigenvalue weighted by Gasteiger charge is -2.32. The molecule has 1 saturated heterocycles. The van der Waals surface area contributed by atoms with E-state index in [9.17, 15) is 0 Å². The molecule has 1 aliphatic rings. The minimum atomic E-state index is 0. The summed E-state index contributed by atoms with van der Waals surface area (Å²) < 4.78 is 5.43. The van der Waals surface area contributed by atoms with Crippen LogP contribution in [0.5, 0.6) is 0 Å². The molecule has 1 unspecified atom stereocenters. The van der Waals surface area contributed by atoms with Crippen LogP contribution in [0.3, 0.4) is 0 Å². The fourth-order valence-electron chi connectivity index (χ4n) is 2.75. The first-order valence-electron chi connectivity index (χ1n) is 8.91. The summed E-state index contributed by atoms with van der Waals surface area (Å²) in [5, 5.41) is 8.99. The standard InChI is InChI=1S/C18H32N4OS.HI/c1-5-19-17(20-13-15(2)22-8-10-23-11-9-22)21-14-18(3,4)16-7-6-12-24-16;/h6-7,12,15H,5,8-11,13-14H2,1-4H3,(H2,19,20,21);1H. The third-order valence-electron chi connectivity index (χ3n) is 4.40. The van der Waals surface area contributed by atoms with Gasteiger partial charge in [0.15, 0.2) is 5.96 Å². The summed E-state index contributed by atoms with van der Waals surface area (Å²) in [5.41, 5.74) is 0.0618. The summed E-state index contributed by atoms with van der Waals surface area (Å²) in [5.74, 6) is 0.905. The van der Waals surface area contributed by atoms with Gasteiger partial charge in [0, 0.05) is 42.5 Å². The van der Waals surface area contributed by atoms with Crippen LogP contribution >= 0.6 is 35.3 Å². The molecule has 7 heteroatoms. The Morgan fingerprint density at radius 2 is 2.08 bits per heavy atom. The monoisotopic (exact) mass is 480 g/mol. The molecule has 0 radical (unpaired) electrons. The van der Waals surface area contributed by atoms with Crippen molar-refractivity contribution < 1.29 is 4.74 Å². The molecule has 2 heterocycles. The summed E-state index contributed by atoms with van der Waals surface area (Å²) in [4.78, 5) is 8.66. The summed E-state index contributed by atoms with van der Waals surface area (Å²) in [6, 6.07) is 4.78. The highest BCUT2D eigenvalue weighted by Crippen LogP contribution is 2.27. The number of guanidine groups is 1. The van der Waals surface area contributed by atoms with Crippen molar-refractivity contribution >= 4 is 41.3 Å². The van der Waals surface area contributed by atoms with Crippen molar-refractivity contribution in [2.24, 2.45) is 4.99 Å². The average molecular weight is 480 g/mol. The van der Waals surface area contributed by atoms with Crippen LogP contribution in [-0.2, 0) is 10.2 Å². The van der Waals surface area contributed by atoms with E-state index in [1.165, 1.54) is 4.88 Å². The number of hydrogen-bond donors (Lipinski definition) is 2. The number of morpholine rings is 1. The topological polar surface area (TPSA) is 48.9 Å². The molecule has 1 fully saturated rings. The number of rotatable bonds is 7. The molecule has 0 saturated carbocycles. The van der Waals surface area contributed by atoms with Gasteiger partial charge in [-0.3, -0.25) is 9.89 Å². The number of nitrogens with zero attached hydrogens (tertiary/aromatic N) is 2. The van der Waals surface area contributed by atoms with E-state index in [4.69, 9.17) is 9.73 Å². The molecule has 0 aliphatic carbocycles. The third kappa shape index (κ3) is 7.40. The van der Waals surface area contributed by atoms with Crippen LogP contribution in [0, 0.1) is 0 Å². The van der Waals surface area contributed by atoms with Crippen molar-refractivity contribution in [3.05, 3.63) is 22.4 Å². The van der Waals surface area contributed by atoms with Gasteiger partial charge in [0.05, 0.1) is 19.8 Å². The number of hydrogen-bond acceptors (Lipinski definition) is 4. The fraction of sp³-hybridized carbons (Fsp3) is 0.722. The molecule has 1 aromatic heterocycles. The third-order valence-corrected chi connectivity index (χ3v) is 5.63. The zero-order valence-electron chi connectivity index (χ0n) is 15.9. The lowest BCUT2D eigenvalue weighted by molar-refractivity contribution is 0.0211. The Bertz CT molecular complexity index is 501. The summed E-state index contributed by atoms with van der Waals surface area (Å²) in [6.07, 6.45) is 0. The van der Waals surface area contributed by atoms with Crippen LogP contribution in [0.2, 0.25) is 0 Å². The van der Waals surface area contributed by atoms with Crippen LogP contribution in [0.4, 0.5) is 0 Å². The van der Waals surface area contributed by atoms with Crippen molar-refractivity contribution in [2.45, 2.75) is 39.2 Å². The summed E-state index contributed by atoms with van der Waals surface area (Å²) >= 11 is 1.80. The van der Waals surface area contributed by atoms with Gasteiger partial charge in [-0.15, -0.1) is 35.3 Å². The normalized spacial score (nSPS) is 17.7. The quantitative estimate of drug-likeness (QED) is 0.358. The Morgan fingerprint density at radius 1 is 1.36 bits per heavy atom. The molecule has 25 heavy (non-hydrogen) atoms. The first-order valence-corrected chi connectivity index (χ1v) is 9.79. The van der Waals surface area contributed by atoms with E-state index in [1.807, 2.05) is 0 Å². The largest absolute Gasteiger partial charge is 0.379 e. The van der Waals surface area contributed by atoms with Crippen LogP contribution in [0.1, 0.15) is 32.6 Å². The van der Waals surface area contributed by atoms with Gasteiger partial charge in [-0.2, -0.15) is 0 Å². The molecule has 144 valence electrons. The predicted octanol–water partition coefficient (Wildman–Crippen LogP) is 2.92. The van der Waals surface area contributed by atoms with Gasteiger partial charge in [0.1, 0.15) is 0 Å². The highest BCUT2D eigenvalue weighted by atomic mass is 127. The molecule has 5 nitrogen and oxygen atoms in total. The molecular formula is C18H33IN4OS. The maximum Gasteiger partial charge on any atom is 0.191 e. The van der Waals surface area contributed by atoms with Crippen molar-refractivity contribution in [1.29, 1.82) is 0 Å². The van der Waals surface area contributed by atoms with Gasteiger partial charge in [0.25, 0.3) is 0 Å². The second kappa shape index (κ2) is 11.4. The maximum atomic E-state index is 5.43. The smallest absolute Gasteiger partial charge is 0.191 e. The van der Waals surface area contributed by atoms with Gasteiger partial charge in [-0.25, -0.2) is 0 Å². The van der Waals surface area contributed by atoms with Crippen LogP contribution in [0.15, 0.2) is 22.5 Å². The highest BCUT2D eigenvalue weighted by molar-refractivity contribution is 14.0. The minimum Gasteiger partial charge on any atom is -0.379 e. The van der Waals surface area contributed by atoms with Gasteiger partial charge in [0.2, 0.25) is 0 Å². The lowest BCUT2D eigenvalue weighted by Crippen LogP contribution is -2.49. The zero-order valence-corrected chi connectivity index (χ0v) is 19.0. The number of thiophene rings is 1. The first-order chi connectivity index (χ1) is 11.5. The van der Waals surface area contributed by atoms with Crippen LogP contribution in [-0.4, -0.2) is 62.8 Å². The lowest BCUT2D eigenvalue weighted by atomic mass is 9.92. The van der Waals surface area contributed by atoms with Crippen LogP contribution < -0.4 is 10.6 Å². The summed E-state index contributed by atoms with van der Waals surface area (Å²) in [7, 11) is 0. The van der Waals surface area contributed by atoms with E-state index < -0.39 is 0 Å². The Morgan fingerprint density at radius 3 is 2.68 bits per heavy atom. The second-order valence-electron chi connectivity index (χ2n) is 6.93. The Hall–Kier alpha value is -0.380.